The van der Waals surface area contributed by atoms with E-state index in [1.165, 1.54) is 5.56 Å². The monoisotopic (exact) mass is 459 g/mol. The predicted molar refractivity (Wildman–Crippen MR) is 128 cm³/mol. The lowest BCUT2D eigenvalue weighted by Gasteiger charge is -2.13. The standard InChI is InChI=1S/C25H26ClNO3.ClH/c1-2-18-14-21(25(29)30)10-11-23(18)19-8-6-17(7-9-19)12-13-27-16-24(28)20-4-3-5-22(26)15-20;/h3-11,14-15,24,27-28H,2,12-13,16H2,1H3,(H,29,30);1H/t24-;/m1./s1. The molecule has 0 aliphatic heterocycles. The third-order valence-electron chi connectivity index (χ3n) is 5.16. The number of hydrogen-bond donors (Lipinski definition) is 3. The number of aryl methyl sites for hydroxylation is 1. The molecule has 4 nitrogen and oxygen atoms in total. The van der Waals surface area contributed by atoms with E-state index in [1.54, 1.807) is 24.3 Å². The van der Waals surface area contributed by atoms with Crippen LogP contribution < -0.4 is 5.32 Å². The largest absolute Gasteiger partial charge is 0.478 e. The van der Waals surface area contributed by atoms with Gasteiger partial charge in [0.2, 0.25) is 0 Å². The average molecular weight is 460 g/mol. The molecule has 0 heterocycles. The van der Waals surface area contributed by atoms with Crippen LogP contribution in [0.5, 0.6) is 0 Å². The Morgan fingerprint density at radius 3 is 2.45 bits per heavy atom. The van der Waals surface area contributed by atoms with Gasteiger partial charge >= 0.3 is 5.97 Å². The second-order valence-electron chi connectivity index (χ2n) is 7.25. The summed E-state index contributed by atoms with van der Waals surface area (Å²) in [7, 11) is 0. The Morgan fingerprint density at radius 2 is 1.81 bits per heavy atom. The number of halogens is 2. The molecule has 3 aromatic rings. The highest BCUT2D eigenvalue weighted by molar-refractivity contribution is 6.30. The number of rotatable bonds is 9. The summed E-state index contributed by atoms with van der Waals surface area (Å²) in [6.07, 6.45) is 1.03. The van der Waals surface area contributed by atoms with Crippen LogP contribution in [0.2, 0.25) is 5.02 Å². The van der Waals surface area contributed by atoms with Gasteiger partial charge in [0.15, 0.2) is 0 Å². The van der Waals surface area contributed by atoms with Crippen LogP contribution in [0.15, 0.2) is 66.7 Å². The zero-order chi connectivity index (χ0) is 21.5. The summed E-state index contributed by atoms with van der Waals surface area (Å²) in [6, 6.07) is 20.9. The molecule has 0 fully saturated rings. The zero-order valence-corrected chi connectivity index (χ0v) is 18.9. The van der Waals surface area contributed by atoms with E-state index in [1.807, 2.05) is 25.1 Å². The minimum absolute atomic E-state index is 0. The Balaban J connectivity index is 0.00000341. The molecule has 0 unspecified atom stereocenters. The fourth-order valence-corrected chi connectivity index (χ4v) is 3.65. The maximum absolute atomic E-state index is 11.2. The summed E-state index contributed by atoms with van der Waals surface area (Å²) in [5, 5.41) is 23.3. The molecule has 0 aliphatic carbocycles. The van der Waals surface area contributed by atoms with E-state index >= 15 is 0 Å². The Hall–Kier alpha value is -2.37. The molecule has 0 saturated carbocycles. The summed E-state index contributed by atoms with van der Waals surface area (Å²) >= 11 is 5.97. The number of benzene rings is 3. The summed E-state index contributed by atoms with van der Waals surface area (Å²) < 4.78 is 0. The third kappa shape index (κ3) is 6.81. The van der Waals surface area contributed by atoms with E-state index in [0.29, 0.717) is 17.1 Å². The summed E-state index contributed by atoms with van der Waals surface area (Å²) in [5.41, 5.74) is 5.50. The first-order valence-electron chi connectivity index (χ1n) is 10.1. The normalized spacial score (nSPS) is 11.6. The third-order valence-corrected chi connectivity index (χ3v) is 5.39. The summed E-state index contributed by atoms with van der Waals surface area (Å²) in [5.74, 6) is -0.903. The van der Waals surface area contributed by atoms with Gasteiger partial charge in [-0.05, 0) is 71.5 Å². The smallest absolute Gasteiger partial charge is 0.335 e. The van der Waals surface area contributed by atoms with E-state index in [4.69, 9.17) is 11.6 Å². The van der Waals surface area contributed by atoms with Crippen molar-refractivity contribution in [2.24, 2.45) is 0 Å². The van der Waals surface area contributed by atoms with Gasteiger partial charge in [-0.1, -0.05) is 61.0 Å². The first-order valence-corrected chi connectivity index (χ1v) is 10.5. The Bertz CT molecular complexity index is 1010. The second kappa shape index (κ2) is 11.9. The van der Waals surface area contributed by atoms with Gasteiger partial charge in [0, 0.05) is 11.6 Å². The maximum atomic E-state index is 11.2. The number of carboxylic acid groups (broad SMARTS) is 1. The summed E-state index contributed by atoms with van der Waals surface area (Å²) in [6.45, 7) is 3.25. The molecule has 3 rings (SSSR count). The van der Waals surface area contributed by atoms with Crippen LogP contribution in [0.25, 0.3) is 11.1 Å². The van der Waals surface area contributed by atoms with Crippen molar-refractivity contribution in [2.75, 3.05) is 13.1 Å². The van der Waals surface area contributed by atoms with Gasteiger partial charge in [-0.15, -0.1) is 12.4 Å². The van der Waals surface area contributed by atoms with Gasteiger partial charge in [0.1, 0.15) is 0 Å². The van der Waals surface area contributed by atoms with Crippen LogP contribution in [0.1, 0.15) is 40.1 Å². The molecule has 0 bridgehead atoms. The number of carbonyl (C=O) groups is 1. The lowest BCUT2D eigenvalue weighted by Crippen LogP contribution is -2.23. The van der Waals surface area contributed by atoms with Crippen molar-refractivity contribution >= 4 is 30.0 Å². The van der Waals surface area contributed by atoms with E-state index < -0.39 is 12.1 Å². The second-order valence-corrected chi connectivity index (χ2v) is 7.69. The van der Waals surface area contributed by atoms with Crippen molar-refractivity contribution in [3.05, 3.63) is 94.0 Å². The molecule has 0 radical (unpaired) electrons. The molecule has 6 heteroatoms. The van der Waals surface area contributed by atoms with Crippen molar-refractivity contribution in [3.8, 4) is 11.1 Å². The summed E-state index contributed by atoms with van der Waals surface area (Å²) in [4.78, 5) is 11.2. The maximum Gasteiger partial charge on any atom is 0.335 e. The number of aliphatic hydroxyl groups excluding tert-OH is 1. The Labute approximate surface area is 194 Å². The fraction of sp³-hybridized carbons (Fsp3) is 0.240. The van der Waals surface area contributed by atoms with Gasteiger partial charge < -0.3 is 15.5 Å². The minimum atomic E-state index is -0.903. The average Bonchev–Trinajstić information content (AvgIpc) is 2.76. The van der Waals surface area contributed by atoms with E-state index in [0.717, 1.165) is 41.6 Å². The molecule has 0 aromatic heterocycles. The topological polar surface area (TPSA) is 69.6 Å². The lowest BCUT2D eigenvalue weighted by atomic mass is 9.95. The molecule has 0 aliphatic rings. The first kappa shape index (κ1) is 24.9. The molecule has 3 aromatic carbocycles. The van der Waals surface area contributed by atoms with Crippen LogP contribution in [0.4, 0.5) is 0 Å². The van der Waals surface area contributed by atoms with Gasteiger partial charge in [0.25, 0.3) is 0 Å². The number of nitrogens with one attached hydrogen (secondary N) is 1. The van der Waals surface area contributed by atoms with Crippen molar-refractivity contribution in [1.82, 2.24) is 5.32 Å². The minimum Gasteiger partial charge on any atom is -0.478 e. The highest BCUT2D eigenvalue weighted by Crippen LogP contribution is 2.26. The fourth-order valence-electron chi connectivity index (χ4n) is 3.46. The number of aliphatic hydroxyl groups is 1. The first-order chi connectivity index (χ1) is 14.5. The molecule has 31 heavy (non-hydrogen) atoms. The molecule has 3 N–H and O–H groups in total. The van der Waals surface area contributed by atoms with Gasteiger partial charge in [0.05, 0.1) is 11.7 Å². The molecule has 0 amide bonds. The van der Waals surface area contributed by atoms with Crippen LogP contribution in [0, 0.1) is 0 Å². The molecular weight excluding hydrogens is 433 g/mol. The highest BCUT2D eigenvalue weighted by Gasteiger charge is 2.10. The van der Waals surface area contributed by atoms with Crippen molar-refractivity contribution in [2.45, 2.75) is 25.9 Å². The van der Waals surface area contributed by atoms with Crippen LogP contribution in [-0.4, -0.2) is 29.3 Å². The quantitative estimate of drug-likeness (QED) is 0.366. The highest BCUT2D eigenvalue weighted by atomic mass is 35.5. The lowest BCUT2D eigenvalue weighted by molar-refractivity contribution is 0.0696. The van der Waals surface area contributed by atoms with Crippen molar-refractivity contribution in [3.63, 3.8) is 0 Å². The molecule has 164 valence electrons. The van der Waals surface area contributed by atoms with Gasteiger partial charge in [-0.25, -0.2) is 4.79 Å². The molecular formula is C25H27Cl2NO3. The van der Waals surface area contributed by atoms with Crippen LogP contribution in [-0.2, 0) is 12.8 Å². The van der Waals surface area contributed by atoms with E-state index in [-0.39, 0.29) is 12.4 Å². The molecule has 1 atom stereocenters. The number of hydrogen-bond acceptors (Lipinski definition) is 3. The van der Waals surface area contributed by atoms with Crippen molar-refractivity contribution < 1.29 is 15.0 Å². The SMILES string of the molecule is CCc1cc(C(=O)O)ccc1-c1ccc(CCNC[C@@H](O)c2cccc(Cl)c2)cc1.Cl. The van der Waals surface area contributed by atoms with Gasteiger partial charge in [-0.3, -0.25) is 0 Å². The van der Waals surface area contributed by atoms with E-state index in [2.05, 4.69) is 29.6 Å². The number of aromatic carboxylic acids is 1. The van der Waals surface area contributed by atoms with Crippen LogP contribution in [0.3, 0.4) is 0 Å². The Morgan fingerprint density at radius 1 is 1.06 bits per heavy atom. The van der Waals surface area contributed by atoms with Crippen molar-refractivity contribution in [1.29, 1.82) is 0 Å². The van der Waals surface area contributed by atoms with E-state index in [9.17, 15) is 15.0 Å². The zero-order valence-electron chi connectivity index (χ0n) is 17.3. The Kier molecular flexibility index (Phi) is 9.53. The number of carboxylic acids is 1. The molecule has 0 saturated heterocycles. The van der Waals surface area contributed by atoms with Crippen LogP contribution >= 0.6 is 24.0 Å². The predicted octanol–water partition coefficient (Wildman–Crippen LogP) is 5.56. The van der Waals surface area contributed by atoms with Gasteiger partial charge in [-0.2, -0.15) is 0 Å². The molecule has 0 spiro atoms.